The van der Waals surface area contributed by atoms with E-state index in [1.807, 2.05) is 6.92 Å². The number of aliphatic hydroxyl groups is 1. The molecule has 1 aromatic heterocycles. The molecule has 1 aromatic rings. The molecule has 1 saturated heterocycles. The van der Waals surface area contributed by atoms with Crippen molar-refractivity contribution in [3.63, 3.8) is 0 Å². The van der Waals surface area contributed by atoms with Gasteiger partial charge in [0.1, 0.15) is 4.88 Å². The van der Waals surface area contributed by atoms with E-state index in [2.05, 4.69) is 4.98 Å². The average Bonchev–Trinajstić information content (AvgIpc) is 2.63. The molecular weight excluding hydrogens is 212 g/mol. The number of hydrogen-bond donors (Lipinski definition) is 1. The Morgan fingerprint density at radius 2 is 2.53 bits per heavy atom. The fourth-order valence-electron chi connectivity index (χ4n) is 1.79. The summed E-state index contributed by atoms with van der Waals surface area (Å²) >= 11 is 1.37. The van der Waals surface area contributed by atoms with E-state index in [-0.39, 0.29) is 12.0 Å². The zero-order valence-corrected chi connectivity index (χ0v) is 9.46. The number of amides is 1. The SMILES string of the molecule is Cc1ncsc1C(=O)N1CCC[C@@H](O)C1. The molecule has 2 rings (SSSR count). The largest absolute Gasteiger partial charge is 0.391 e. The number of carbonyl (C=O) groups is 1. The van der Waals surface area contributed by atoms with Gasteiger partial charge in [-0.05, 0) is 19.8 Å². The fourth-order valence-corrected chi connectivity index (χ4v) is 2.56. The Labute approximate surface area is 92.6 Å². The van der Waals surface area contributed by atoms with E-state index in [0.717, 1.165) is 25.1 Å². The van der Waals surface area contributed by atoms with Gasteiger partial charge in [0, 0.05) is 13.1 Å². The normalized spacial score (nSPS) is 21.7. The van der Waals surface area contributed by atoms with Crippen LogP contribution in [0.4, 0.5) is 0 Å². The van der Waals surface area contributed by atoms with Gasteiger partial charge in [0.25, 0.3) is 5.91 Å². The third-order valence-electron chi connectivity index (χ3n) is 2.62. The Kier molecular flexibility index (Phi) is 3.02. The van der Waals surface area contributed by atoms with Crippen LogP contribution in [0.1, 0.15) is 28.2 Å². The molecule has 0 aliphatic carbocycles. The zero-order valence-electron chi connectivity index (χ0n) is 8.64. The first-order chi connectivity index (χ1) is 7.18. The van der Waals surface area contributed by atoms with Gasteiger partial charge in [-0.15, -0.1) is 11.3 Å². The Hall–Kier alpha value is -0.940. The van der Waals surface area contributed by atoms with Gasteiger partial charge < -0.3 is 10.0 Å². The number of carbonyl (C=O) groups excluding carboxylic acids is 1. The van der Waals surface area contributed by atoms with Crippen LogP contribution in [0.5, 0.6) is 0 Å². The van der Waals surface area contributed by atoms with E-state index in [1.165, 1.54) is 11.3 Å². The number of rotatable bonds is 1. The molecule has 1 amide bonds. The molecular formula is C10H14N2O2S. The first-order valence-electron chi connectivity index (χ1n) is 5.06. The van der Waals surface area contributed by atoms with Crippen molar-refractivity contribution in [2.45, 2.75) is 25.9 Å². The van der Waals surface area contributed by atoms with Crippen molar-refractivity contribution in [1.82, 2.24) is 9.88 Å². The number of aromatic nitrogens is 1. The van der Waals surface area contributed by atoms with Gasteiger partial charge in [-0.25, -0.2) is 4.98 Å². The van der Waals surface area contributed by atoms with Crippen molar-refractivity contribution in [2.75, 3.05) is 13.1 Å². The summed E-state index contributed by atoms with van der Waals surface area (Å²) in [7, 11) is 0. The maximum absolute atomic E-state index is 12.0. The second-order valence-electron chi connectivity index (χ2n) is 3.81. The molecule has 1 aliphatic rings. The highest BCUT2D eigenvalue weighted by molar-refractivity contribution is 7.11. The van der Waals surface area contributed by atoms with Crippen LogP contribution < -0.4 is 0 Å². The monoisotopic (exact) mass is 226 g/mol. The number of β-amino-alcohol motifs (C(OH)–C–C–N with tert-alkyl or cyclic N) is 1. The molecule has 0 aromatic carbocycles. The summed E-state index contributed by atoms with van der Waals surface area (Å²) in [6, 6.07) is 0. The lowest BCUT2D eigenvalue weighted by atomic mass is 10.1. The number of aryl methyl sites for hydroxylation is 1. The Morgan fingerprint density at radius 3 is 3.13 bits per heavy atom. The molecule has 0 radical (unpaired) electrons. The summed E-state index contributed by atoms with van der Waals surface area (Å²) in [6.07, 6.45) is 1.31. The molecule has 0 unspecified atom stereocenters. The summed E-state index contributed by atoms with van der Waals surface area (Å²) in [4.78, 5) is 18.5. The second-order valence-corrected chi connectivity index (χ2v) is 4.67. The Bertz CT molecular complexity index is 364. The van der Waals surface area contributed by atoms with Crippen LogP contribution in [0.2, 0.25) is 0 Å². The van der Waals surface area contributed by atoms with Gasteiger partial charge in [-0.1, -0.05) is 0 Å². The van der Waals surface area contributed by atoms with E-state index in [1.54, 1.807) is 10.4 Å². The smallest absolute Gasteiger partial charge is 0.265 e. The van der Waals surface area contributed by atoms with E-state index in [0.29, 0.717) is 11.4 Å². The van der Waals surface area contributed by atoms with Crippen molar-refractivity contribution in [1.29, 1.82) is 0 Å². The van der Waals surface area contributed by atoms with Crippen LogP contribution in [0, 0.1) is 6.92 Å². The van der Waals surface area contributed by atoms with Crippen LogP contribution in [0.15, 0.2) is 5.51 Å². The standard InChI is InChI=1S/C10H14N2O2S/c1-7-9(15-6-11-7)10(14)12-4-2-3-8(13)5-12/h6,8,13H,2-5H2,1H3/t8-/m1/s1. The van der Waals surface area contributed by atoms with Crippen molar-refractivity contribution in [2.24, 2.45) is 0 Å². The summed E-state index contributed by atoms with van der Waals surface area (Å²) in [5, 5.41) is 9.49. The number of nitrogens with zero attached hydrogens (tertiary/aromatic N) is 2. The first kappa shape index (κ1) is 10.6. The maximum atomic E-state index is 12.0. The van der Waals surface area contributed by atoms with Crippen molar-refractivity contribution < 1.29 is 9.90 Å². The van der Waals surface area contributed by atoms with Crippen LogP contribution in [-0.4, -0.2) is 40.1 Å². The molecule has 15 heavy (non-hydrogen) atoms. The maximum Gasteiger partial charge on any atom is 0.265 e. The van der Waals surface area contributed by atoms with Crippen molar-refractivity contribution in [3.05, 3.63) is 16.1 Å². The van der Waals surface area contributed by atoms with Gasteiger partial charge in [0.2, 0.25) is 0 Å². The molecule has 0 saturated carbocycles. The summed E-state index contributed by atoms with van der Waals surface area (Å²) < 4.78 is 0. The molecule has 82 valence electrons. The van der Waals surface area contributed by atoms with Gasteiger partial charge in [-0.2, -0.15) is 0 Å². The van der Waals surface area contributed by atoms with E-state index in [9.17, 15) is 9.90 Å². The van der Waals surface area contributed by atoms with Gasteiger partial charge in [-0.3, -0.25) is 4.79 Å². The number of hydrogen-bond acceptors (Lipinski definition) is 4. The molecule has 4 nitrogen and oxygen atoms in total. The van der Waals surface area contributed by atoms with E-state index < -0.39 is 0 Å². The minimum atomic E-state index is -0.365. The van der Waals surface area contributed by atoms with Crippen LogP contribution in [0.3, 0.4) is 0 Å². The van der Waals surface area contributed by atoms with E-state index in [4.69, 9.17) is 0 Å². The van der Waals surface area contributed by atoms with Gasteiger partial charge >= 0.3 is 0 Å². The second kappa shape index (κ2) is 4.28. The number of aliphatic hydroxyl groups excluding tert-OH is 1. The topological polar surface area (TPSA) is 53.4 Å². The molecule has 1 aliphatic heterocycles. The highest BCUT2D eigenvalue weighted by atomic mass is 32.1. The predicted molar refractivity (Wildman–Crippen MR) is 58.0 cm³/mol. The molecule has 0 bridgehead atoms. The van der Waals surface area contributed by atoms with Crippen LogP contribution in [0.25, 0.3) is 0 Å². The Balaban J connectivity index is 2.11. The zero-order chi connectivity index (χ0) is 10.8. The third-order valence-corrected chi connectivity index (χ3v) is 3.54. The fraction of sp³-hybridized carbons (Fsp3) is 0.600. The number of thiazole rings is 1. The van der Waals surface area contributed by atoms with Crippen LogP contribution in [-0.2, 0) is 0 Å². The van der Waals surface area contributed by atoms with Gasteiger partial charge in [0.05, 0.1) is 17.3 Å². The molecule has 1 atom stereocenters. The van der Waals surface area contributed by atoms with Crippen molar-refractivity contribution in [3.8, 4) is 0 Å². The summed E-state index contributed by atoms with van der Waals surface area (Å²) in [6.45, 7) is 3.04. The lowest BCUT2D eigenvalue weighted by Gasteiger charge is -2.29. The first-order valence-corrected chi connectivity index (χ1v) is 5.94. The summed E-state index contributed by atoms with van der Waals surface area (Å²) in [5.41, 5.74) is 2.47. The number of likely N-dealkylation sites (tertiary alicyclic amines) is 1. The Morgan fingerprint density at radius 1 is 1.73 bits per heavy atom. The van der Waals surface area contributed by atoms with E-state index >= 15 is 0 Å². The minimum Gasteiger partial charge on any atom is -0.391 e. The summed E-state index contributed by atoms with van der Waals surface area (Å²) in [5.74, 6) is 0.00810. The average molecular weight is 226 g/mol. The van der Waals surface area contributed by atoms with Crippen LogP contribution >= 0.6 is 11.3 Å². The van der Waals surface area contributed by atoms with Crippen molar-refractivity contribution >= 4 is 17.2 Å². The minimum absolute atomic E-state index is 0.00810. The lowest BCUT2D eigenvalue weighted by Crippen LogP contribution is -2.42. The highest BCUT2D eigenvalue weighted by Crippen LogP contribution is 2.18. The molecule has 0 spiro atoms. The quantitative estimate of drug-likeness (QED) is 0.778. The van der Waals surface area contributed by atoms with Gasteiger partial charge in [0.15, 0.2) is 0 Å². The molecule has 5 heteroatoms. The lowest BCUT2D eigenvalue weighted by molar-refractivity contribution is 0.0477. The molecule has 2 heterocycles. The number of piperidine rings is 1. The third kappa shape index (κ3) is 2.18. The molecule has 1 N–H and O–H groups in total. The predicted octanol–water partition coefficient (Wildman–Crippen LogP) is 1.05. The highest BCUT2D eigenvalue weighted by Gasteiger charge is 2.24. The molecule has 1 fully saturated rings.